The molecule has 2 aromatic rings. The molecule has 0 saturated carbocycles. The Morgan fingerprint density at radius 1 is 1.09 bits per heavy atom. The van der Waals surface area contributed by atoms with Gasteiger partial charge in [0, 0.05) is 12.6 Å². The molecular formula is C17H20N2O2S. The van der Waals surface area contributed by atoms with Crippen LogP contribution in [0.4, 0.5) is 5.00 Å². The van der Waals surface area contributed by atoms with Crippen LogP contribution in [-0.4, -0.2) is 25.7 Å². The number of aryl methyl sites for hydroxylation is 1. The number of anilines is 1. The van der Waals surface area contributed by atoms with Gasteiger partial charge in [0.2, 0.25) is 0 Å². The lowest BCUT2D eigenvalue weighted by Gasteiger charge is -2.05. The molecule has 1 N–H and O–H groups in total. The molecule has 0 saturated heterocycles. The second-order valence-corrected chi connectivity index (χ2v) is 6.22. The standard InChI is InChI=1S/C17H20N2O2S/c1-20-13-9-12(10-14(11-13)21-2)6-7-16-19-15-5-3-4-8-18-17(15)22-16/h6-7,9-11,18H,3-5,8H2,1-2H3. The summed E-state index contributed by atoms with van der Waals surface area (Å²) in [5.41, 5.74) is 2.24. The van der Waals surface area contributed by atoms with Gasteiger partial charge in [-0.15, -0.1) is 0 Å². The minimum atomic E-state index is 0.788. The molecule has 0 amide bonds. The quantitative estimate of drug-likeness (QED) is 0.923. The molecule has 0 radical (unpaired) electrons. The van der Waals surface area contributed by atoms with Gasteiger partial charge in [-0.1, -0.05) is 17.4 Å². The van der Waals surface area contributed by atoms with Crippen molar-refractivity contribution in [3.05, 3.63) is 34.5 Å². The van der Waals surface area contributed by atoms with Crippen LogP contribution in [-0.2, 0) is 6.42 Å². The van der Waals surface area contributed by atoms with Crippen LogP contribution in [0.25, 0.3) is 12.2 Å². The summed E-state index contributed by atoms with van der Waals surface area (Å²) in [6.45, 7) is 1.05. The van der Waals surface area contributed by atoms with Gasteiger partial charge in [-0.05, 0) is 43.0 Å². The Morgan fingerprint density at radius 3 is 2.59 bits per heavy atom. The van der Waals surface area contributed by atoms with E-state index in [0.717, 1.165) is 35.0 Å². The fraction of sp³-hybridized carbons (Fsp3) is 0.353. The minimum absolute atomic E-state index is 0.788. The molecule has 22 heavy (non-hydrogen) atoms. The smallest absolute Gasteiger partial charge is 0.123 e. The van der Waals surface area contributed by atoms with Crippen LogP contribution in [0.1, 0.15) is 29.1 Å². The monoisotopic (exact) mass is 316 g/mol. The molecule has 0 spiro atoms. The van der Waals surface area contributed by atoms with E-state index in [1.165, 1.54) is 23.5 Å². The molecule has 1 aromatic carbocycles. The van der Waals surface area contributed by atoms with Crippen molar-refractivity contribution in [2.75, 3.05) is 26.1 Å². The number of nitrogens with zero attached hydrogens (tertiary/aromatic N) is 1. The third-order valence-corrected chi connectivity index (χ3v) is 4.65. The third kappa shape index (κ3) is 3.42. The van der Waals surface area contributed by atoms with Crippen molar-refractivity contribution in [3.63, 3.8) is 0 Å². The van der Waals surface area contributed by atoms with E-state index < -0.39 is 0 Å². The van der Waals surface area contributed by atoms with Gasteiger partial charge >= 0.3 is 0 Å². The van der Waals surface area contributed by atoms with Crippen LogP contribution in [0, 0.1) is 0 Å². The number of thiazole rings is 1. The maximum absolute atomic E-state index is 5.29. The molecule has 2 heterocycles. The highest BCUT2D eigenvalue weighted by Gasteiger charge is 2.12. The number of ether oxygens (including phenoxy) is 2. The molecule has 0 aliphatic carbocycles. The summed E-state index contributed by atoms with van der Waals surface area (Å²) in [6.07, 6.45) is 7.59. The summed E-state index contributed by atoms with van der Waals surface area (Å²) < 4.78 is 10.6. The fourth-order valence-corrected chi connectivity index (χ4v) is 3.40. The highest BCUT2D eigenvalue weighted by atomic mass is 32.1. The van der Waals surface area contributed by atoms with E-state index in [9.17, 15) is 0 Å². The molecular weight excluding hydrogens is 296 g/mol. The van der Waals surface area contributed by atoms with E-state index in [1.807, 2.05) is 24.3 Å². The van der Waals surface area contributed by atoms with Gasteiger partial charge in [0.25, 0.3) is 0 Å². The van der Waals surface area contributed by atoms with E-state index in [-0.39, 0.29) is 0 Å². The number of hydrogen-bond acceptors (Lipinski definition) is 5. The second-order valence-electron chi connectivity index (χ2n) is 5.19. The zero-order valence-electron chi connectivity index (χ0n) is 12.9. The predicted octanol–water partition coefficient (Wildman–Crippen LogP) is 4.08. The summed E-state index contributed by atoms with van der Waals surface area (Å²) in [6, 6.07) is 5.83. The van der Waals surface area contributed by atoms with Crippen LogP contribution in [0.5, 0.6) is 11.5 Å². The second kappa shape index (κ2) is 6.83. The van der Waals surface area contributed by atoms with Gasteiger partial charge in [0.05, 0.1) is 19.9 Å². The number of aromatic nitrogens is 1. The maximum atomic E-state index is 5.29. The van der Waals surface area contributed by atoms with Crippen LogP contribution in [0.3, 0.4) is 0 Å². The number of nitrogens with one attached hydrogen (secondary N) is 1. The Morgan fingerprint density at radius 2 is 1.86 bits per heavy atom. The number of rotatable bonds is 4. The number of fused-ring (bicyclic) bond motifs is 1. The summed E-state index contributed by atoms with van der Waals surface area (Å²) in [4.78, 5) is 4.72. The fourth-order valence-electron chi connectivity index (χ4n) is 2.46. The molecule has 0 fully saturated rings. The van der Waals surface area contributed by atoms with Gasteiger partial charge in [-0.2, -0.15) is 0 Å². The van der Waals surface area contributed by atoms with Crippen molar-refractivity contribution >= 4 is 28.5 Å². The van der Waals surface area contributed by atoms with E-state index in [0.29, 0.717) is 0 Å². The van der Waals surface area contributed by atoms with Crippen molar-refractivity contribution in [3.8, 4) is 11.5 Å². The Kier molecular flexibility index (Phi) is 4.63. The largest absolute Gasteiger partial charge is 0.497 e. The van der Waals surface area contributed by atoms with Gasteiger partial charge < -0.3 is 14.8 Å². The first-order valence-corrected chi connectivity index (χ1v) is 8.25. The van der Waals surface area contributed by atoms with E-state index in [2.05, 4.69) is 11.4 Å². The van der Waals surface area contributed by atoms with E-state index in [4.69, 9.17) is 14.5 Å². The molecule has 5 heteroatoms. The number of hydrogen-bond donors (Lipinski definition) is 1. The number of benzene rings is 1. The molecule has 0 atom stereocenters. The highest BCUT2D eigenvalue weighted by Crippen LogP contribution is 2.30. The third-order valence-electron chi connectivity index (χ3n) is 3.63. The van der Waals surface area contributed by atoms with Crippen LogP contribution < -0.4 is 14.8 Å². The Hall–Kier alpha value is -2.01. The molecule has 1 aliphatic rings. The minimum Gasteiger partial charge on any atom is -0.497 e. The van der Waals surface area contributed by atoms with Crippen LogP contribution >= 0.6 is 11.3 Å². The molecule has 1 aromatic heterocycles. The van der Waals surface area contributed by atoms with Crippen molar-refractivity contribution in [1.29, 1.82) is 0 Å². The van der Waals surface area contributed by atoms with Crippen molar-refractivity contribution in [2.45, 2.75) is 19.3 Å². The summed E-state index contributed by atoms with van der Waals surface area (Å²) in [7, 11) is 3.32. The zero-order valence-corrected chi connectivity index (χ0v) is 13.7. The Bertz CT molecular complexity index is 634. The maximum Gasteiger partial charge on any atom is 0.123 e. The Balaban J connectivity index is 1.82. The molecule has 3 rings (SSSR count). The summed E-state index contributed by atoms with van der Waals surface area (Å²) in [5.74, 6) is 1.58. The average Bonchev–Trinajstić information content (AvgIpc) is 2.82. The topological polar surface area (TPSA) is 43.4 Å². The first-order chi connectivity index (χ1) is 10.8. The first-order valence-electron chi connectivity index (χ1n) is 7.43. The van der Waals surface area contributed by atoms with Gasteiger partial charge in [0.15, 0.2) is 0 Å². The van der Waals surface area contributed by atoms with E-state index in [1.54, 1.807) is 25.6 Å². The van der Waals surface area contributed by atoms with Crippen LogP contribution in [0.15, 0.2) is 18.2 Å². The van der Waals surface area contributed by atoms with Crippen molar-refractivity contribution in [1.82, 2.24) is 4.98 Å². The van der Waals surface area contributed by atoms with Crippen molar-refractivity contribution < 1.29 is 9.47 Å². The van der Waals surface area contributed by atoms with Crippen LogP contribution in [0.2, 0.25) is 0 Å². The predicted molar refractivity (Wildman–Crippen MR) is 92.0 cm³/mol. The SMILES string of the molecule is COc1cc(C=Cc2nc3c(s2)NCCCC3)cc(OC)c1. The molecule has 1 aliphatic heterocycles. The Labute approximate surface area is 134 Å². The van der Waals surface area contributed by atoms with Crippen molar-refractivity contribution in [2.24, 2.45) is 0 Å². The summed E-state index contributed by atoms with van der Waals surface area (Å²) >= 11 is 1.72. The average molecular weight is 316 g/mol. The highest BCUT2D eigenvalue weighted by molar-refractivity contribution is 7.16. The normalized spacial score (nSPS) is 14.3. The molecule has 4 nitrogen and oxygen atoms in total. The van der Waals surface area contributed by atoms with Gasteiger partial charge in [-0.25, -0.2) is 4.98 Å². The number of methoxy groups -OCH3 is 2. The van der Waals surface area contributed by atoms with Gasteiger partial charge in [0.1, 0.15) is 21.5 Å². The lowest BCUT2D eigenvalue weighted by Crippen LogP contribution is -1.96. The molecule has 0 unspecified atom stereocenters. The van der Waals surface area contributed by atoms with E-state index >= 15 is 0 Å². The first kappa shape index (κ1) is 14.9. The molecule has 0 bridgehead atoms. The zero-order chi connectivity index (χ0) is 15.4. The lowest BCUT2D eigenvalue weighted by atomic mass is 10.2. The summed E-state index contributed by atoms with van der Waals surface area (Å²) in [5, 5.41) is 5.71. The molecule has 116 valence electrons. The van der Waals surface area contributed by atoms with Gasteiger partial charge in [-0.3, -0.25) is 0 Å². The lowest BCUT2D eigenvalue weighted by molar-refractivity contribution is 0.394.